The lowest BCUT2D eigenvalue weighted by atomic mass is 9.88. The molecule has 0 spiro atoms. The van der Waals surface area contributed by atoms with Gasteiger partial charge >= 0.3 is 6.09 Å². The Hall–Kier alpha value is -2.22. The maximum absolute atomic E-state index is 14.0. The maximum Gasteiger partial charge on any atom is 0.405 e. The van der Waals surface area contributed by atoms with Gasteiger partial charge in [-0.1, -0.05) is 0 Å². The molecule has 1 aromatic carbocycles. The Morgan fingerprint density at radius 3 is 2.79 bits per heavy atom. The standard InChI is InChI=1S/C11H12FN3O4/c12-9-5-7(15(18)19)1-2-8(9)11(14-10(16)17)3-4-13-6-11/h1-2,5,13-14H,3-4,6H2,(H,16,17)/t11-/m0/s1. The molecule has 1 fully saturated rings. The molecule has 1 heterocycles. The Morgan fingerprint density at radius 2 is 2.32 bits per heavy atom. The Morgan fingerprint density at radius 1 is 1.58 bits per heavy atom. The molecular formula is C11H12FN3O4. The number of hydrogen-bond acceptors (Lipinski definition) is 4. The van der Waals surface area contributed by atoms with Gasteiger partial charge in [0.25, 0.3) is 5.69 Å². The minimum absolute atomic E-state index is 0.116. The summed E-state index contributed by atoms with van der Waals surface area (Å²) >= 11 is 0. The molecule has 8 heteroatoms. The van der Waals surface area contributed by atoms with Crippen molar-refractivity contribution in [2.75, 3.05) is 13.1 Å². The molecule has 1 aromatic rings. The highest BCUT2D eigenvalue weighted by Gasteiger charge is 2.39. The fraction of sp³-hybridized carbons (Fsp3) is 0.364. The molecule has 3 N–H and O–H groups in total. The van der Waals surface area contributed by atoms with E-state index in [0.29, 0.717) is 13.0 Å². The molecule has 0 aromatic heterocycles. The summed E-state index contributed by atoms with van der Waals surface area (Å²) in [5.74, 6) is -0.786. The van der Waals surface area contributed by atoms with E-state index >= 15 is 0 Å². The summed E-state index contributed by atoms with van der Waals surface area (Å²) in [4.78, 5) is 20.7. The third kappa shape index (κ3) is 2.48. The summed E-state index contributed by atoms with van der Waals surface area (Å²) in [5.41, 5.74) is -1.33. The predicted octanol–water partition coefficient (Wildman–Crippen LogP) is 1.19. The Kier molecular flexibility index (Phi) is 3.34. The highest BCUT2D eigenvalue weighted by atomic mass is 19.1. The third-order valence-electron chi connectivity index (χ3n) is 3.18. The van der Waals surface area contributed by atoms with Gasteiger partial charge in [0.15, 0.2) is 0 Å². The monoisotopic (exact) mass is 269 g/mol. The van der Waals surface area contributed by atoms with Crippen LogP contribution in [0.1, 0.15) is 12.0 Å². The minimum Gasteiger partial charge on any atom is -0.465 e. The van der Waals surface area contributed by atoms with Crippen LogP contribution in [0.5, 0.6) is 0 Å². The van der Waals surface area contributed by atoms with Crippen LogP contribution in [0, 0.1) is 15.9 Å². The van der Waals surface area contributed by atoms with E-state index in [1.54, 1.807) is 0 Å². The lowest BCUT2D eigenvalue weighted by Crippen LogP contribution is -2.47. The van der Waals surface area contributed by atoms with E-state index in [9.17, 15) is 19.3 Å². The van der Waals surface area contributed by atoms with Gasteiger partial charge in [0.2, 0.25) is 0 Å². The number of nitrogens with one attached hydrogen (secondary N) is 2. The number of carboxylic acid groups (broad SMARTS) is 1. The maximum atomic E-state index is 14.0. The van der Waals surface area contributed by atoms with Crippen molar-refractivity contribution in [3.63, 3.8) is 0 Å². The summed E-state index contributed by atoms with van der Waals surface area (Å²) in [7, 11) is 0. The molecule has 102 valence electrons. The number of rotatable bonds is 3. The van der Waals surface area contributed by atoms with Crippen molar-refractivity contribution in [1.82, 2.24) is 10.6 Å². The molecule has 1 aliphatic heterocycles. The lowest BCUT2D eigenvalue weighted by Gasteiger charge is -2.28. The van der Waals surface area contributed by atoms with Gasteiger partial charge in [-0.25, -0.2) is 9.18 Å². The molecule has 0 radical (unpaired) electrons. The van der Waals surface area contributed by atoms with Crippen molar-refractivity contribution in [1.29, 1.82) is 0 Å². The van der Waals surface area contributed by atoms with Crippen LogP contribution in [0.2, 0.25) is 0 Å². The normalized spacial score (nSPS) is 22.2. The van der Waals surface area contributed by atoms with Crippen LogP contribution in [-0.2, 0) is 5.54 Å². The molecule has 0 aliphatic carbocycles. The van der Waals surface area contributed by atoms with Gasteiger partial charge in [0.05, 0.1) is 16.5 Å². The van der Waals surface area contributed by atoms with Crippen LogP contribution >= 0.6 is 0 Å². The molecule has 1 amide bonds. The van der Waals surface area contributed by atoms with Crippen molar-refractivity contribution >= 4 is 11.8 Å². The van der Waals surface area contributed by atoms with E-state index in [0.717, 1.165) is 6.07 Å². The molecule has 0 unspecified atom stereocenters. The zero-order chi connectivity index (χ0) is 14.0. The van der Waals surface area contributed by atoms with Gasteiger partial charge in [0.1, 0.15) is 5.82 Å². The Balaban J connectivity index is 2.43. The number of carbonyl (C=O) groups is 1. The zero-order valence-electron chi connectivity index (χ0n) is 9.85. The molecule has 2 rings (SSSR count). The molecule has 0 bridgehead atoms. The van der Waals surface area contributed by atoms with E-state index in [2.05, 4.69) is 10.6 Å². The lowest BCUT2D eigenvalue weighted by molar-refractivity contribution is -0.385. The van der Waals surface area contributed by atoms with Crippen LogP contribution < -0.4 is 10.6 Å². The van der Waals surface area contributed by atoms with Crippen molar-refractivity contribution in [2.24, 2.45) is 0 Å². The molecule has 1 saturated heterocycles. The Labute approximate surface area is 107 Å². The van der Waals surface area contributed by atoms with Crippen molar-refractivity contribution in [3.05, 3.63) is 39.7 Å². The van der Waals surface area contributed by atoms with E-state index in [-0.39, 0.29) is 17.8 Å². The minimum atomic E-state index is -1.26. The molecule has 1 aliphatic rings. The van der Waals surface area contributed by atoms with Gasteiger partial charge in [0, 0.05) is 18.2 Å². The fourth-order valence-electron chi connectivity index (χ4n) is 2.31. The zero-order valence-corrected chi connectivity index (χ0v) is 9.85. The van der Waals surface area contributed by atoms with Gasteiger partial charge in [-0.3, -0.25) is 10.1 Å². The SMILES string of the molecule is O=C(O)N[C@@]1(c2ccc([N+](=O)[O-])cc2F)CCNC1. The summed E-state index contributed by atoms with van der Waals surface area (Å²) in [6.07, 6.45) is -0.880. The van der Waals surface area contributed by atoms with Crippen molar-refractivity contribution in [2.45, 2.75) is 12.0 Å². The first kappa shape index (κ1) is 13.2. The second-order valence-corrected chi connectivity index (χ2v) is 4.36. The molecule has 0 saturated carbocycles. The number of nitro benzene ring substituents is 1. The largest absolute Gasteiger partial charge is 0.465 e. The third-order valence-corrected chi connectivity index (χ3v) is 3.18. The topological polar surface area (TPSA) is 104 Å². The van der Waals surface area contributed by atoms with Crippen LogP contribution in [-0.4, -0.2) is 29.2 Å². The number of hydrogen-bond donors (Lipinski definition) is 3. The van der Waals surface area contributed by atoms with E-state index in [1.807, 2.05) is 0 Å². The second kappa shape index (κ2) is 4.81. The highest BCUT2D eigenvalue weighted by Crippen LogP contribution is 2.31. The first-order chi connectivity index (χ1) is 8.94. The Bertz CT molecular complexity index is 529. The summed E-state index contributed by atoms with van der Waals surface area (Å²) in [6.45, 7) is 0.782. The van der Waals surface area contributed by atoms with Gasteiger partial charge in [-0.15, -0.1) is 0 Å². The van der Waals surface area contributed by atoms with Crippen molar-refractivity contribution < 1.29 is 19.2 Å². The molecule has 19 heavy (non-hydrogen) atoms. The van der Waals surface area contributed by atoms with Crippen molar-refractivity contribution in [3.8, 4) is 0 Å². The first-order valence-electron chi connectivity index (χ1n) is 5.61. The summed E-state index contributed by atoms with van der Waals surface area (Å²) < 4.78 is 14.0. The van der Waals surface area contributed by atoms with Gasteiger partial charge in [-0.2, -0.15) is 0 Å². The van der Waals surface area contributed by atoms with Gasteiger partial charge in [-0.05, 0) is 19.0 Å². The van der Waals surface area contributed by atoms with Crippen LogP contribution in [0.25, 0.3) is 0 Å². The first-order valence-corrected chi connectivity index (χ1v) is 5.61. The average molecular weight is 269 g/mol. The number of halogens is 1. The average Bonchev–Trinajstić information content (AvgIpc) is 2.77. The summed E-state index contributed by atoms with van der Waals surface area (Å²) in [5, 5.41) is 24.7. The fourth-order valence-corrected chi connectivity index (χ4v) is 2.31. The number of nitrogens with zero attached hydrogens (tertiary/aromatic N) is 1. The van der Waals surface area contributed by atoms with E-state index in [1.165, 1.54) is 12.1 Å². The summed E-state index contributed by atoms with van der Waals surface area (Å²) in [6, 6.07) is 3.23. The molecule has 1 atom stereocenters. The number of nitro groups is 1. The van der Waals surface area contributed by atoms with Crippen LogP contribution in [0.15, 0.2) is 18.2 Å². The second-order valence-electron chi connectivity index (χ2n) is 4.36. The van der Waals surface area contributed by atoms with Crippen LogP contribution in [0.3, 0.4) is 0 Å². The highest BCUT2D eigenvalue weighted by molar-refractivity contribution is 5.66. The molecular weight excluding hydrogens is 257 g/mol. The number of amides is 1. The quantitative estimate of drug-likeness (QED) is 0.564. The van der Waals surface area contributed by atoms with Crippen LogP contribution in [0.4, 0.5) is 14.9 Å². The predicted molar refractivity (Wildman–Crippen MR) is 63.4 cm³/mol. The number of benzene rings is 1. The van der Waals surface area contributed by atoms with E-state index in [4.69, 9.17) is 5.11 Å². The molecule has 7 nitrogen and oxygen atoms in total. The van der Waals surface area contributed by atoms with Gasteiger partial charge < -0.3 is 15.7 Å². The van der Waals surface area contributed by atoms with E-state index < -0.39 is 22.4 Å². The smallest absolute Gasteiger partial charge is 0.405 e. The number of non-ortho nitro benzene ring substituents is 1.